The highest BCUT2D eigenvalue weighted by Gasteiger charge is 2.15. The van der Waals surface area contributed by atoms with Crippen LogP contribution in [-0.4, -0.2) is 23.9 Å². The summed E-state index contributed by atoms with van der Waals surface area (Å²) in [6.45, 7) is 2.88. The molecule has 0 fully saturated rings. The van der Waals surface area contributed by atoms with Crippen LogP contribution in [0.3, 0.4) is 0 Å². The van der Waals surface area contributed by atoms with Gasteiger partial charge in [-0.15, -0.1) is 0 Å². The van der Waals surface area contributed by atoms with E-state index >= 15 is 0 Å². The highest BCUT2D eigenvalue weighted by molar-refractivity contribution is 5.30. The Labute approximate surface area is 106 Å². The number of rotatable bonds is 6. The summed E-state index contributed by atoms with van der Waals surface area (Å²) >= 11 is 0. The zero-order valence-electron chi connectivity index (χ0n) is 10.8. The molecule has 1 rings (SSSR count). The molecule has 0 radical (unpaired) electrons. The Balaban J connectivity index is 2.65. The molecule has 0 spiro atoms. The zero-order chi connectivity index (χ0) is 13.8. The van der Waals surface area contributed by atoms with E-state index in [1.54, 1.807) is 26.0 Å². The summed E-state index contributed by atoms with van der Waals surface area (Å²) in [5.74, 6) is 0.138. The van der Waals surface area contributed by atoms with E-state index in [1.807, 2.05) is 13.0 Å². The number of alkyl halides is 2. The minimum absolute atomic E-state index is 0.0577. The van der Waals surface area contributed by atoms with Crippen LogP contribution >= 0.6 is 0 Å². The van der Waals surface area contributed by atoms with Crippen molar-refractivity contribution < 1.29 is 18.6 Å². The standard InChI is InChI=1S/C13H19F2NO2/c1-9(16-8-13(2,3)17)10-5-4-6-11(7-10)18-12(14)15/h4-7,9,12,16-17H,8H2,1-3H3. The van der Waals surface area contributed by atoms with Gasteiger partial charge in [-0.25, -0.2) is 0 Å². The Bertz CT molecular complexity index is 377. The highest BCUT2D eigenvalue weighted by Crippen LogP contribution is 2.20. The fraction of sp³-hybridized carbons (Fsp3) is 0.538. The first kappa shape index (κ1) is 14.9. The van der Waals surface area contributed by atoms with Gasteiger partial charge in [0, 0.05) is 12.6 Å². The molecule has 0 bridgehead atoms. The molecule has 1 aromatic rings. The van der Waals surface area contributed by atoms with Crippen LogP contribution in [0.4, 0.5) is 8.78 Å². The van der Waals surface area contributed by atoms with Crippen molar-refractivity contribution in [2.75, 3.05) is 6.54 Å². The average molecular weight is 259 g/mol. The molecule has 3 nitrogen and oxygen atoms in total. The average Bonchev–Trinajstić information content (AvgIpc) is 2.24. The van der Waals surface area contributed by atoms with E-state index in [4.69, 9.17) is 0 Å². The van der Waals surface area contributed by atoms with Gasteiger partial charge in [-0.05, 0) is 38.5 Å². The number of benzene rings is 1. The summed E-state index contributed by atoms with van der Waals surface area (Å²) in [4.78, 5) is 0. The molecule has 5 heteroatoms. The third kappa shape index (κ3) is 5.42. The van der Waals surface area contributed by atoms with Crippen molar-refractivity contribution in [2.24, 2.45) is 0 Å². The van der Waals surface area contributed by atoms with Crippen LogP contribution in [0.25, 0.3) is 0 Å². The van der Waals surface area contributed by atoms with Crippen LogP contribution in [0.2, 0.25) is 0 Å². The number of ether oxygens (including phenoxy) is 1. The number of hydrogen-bond donors (Lipinski definition) is 2. The van der Waals surface area contributed by atoms with Gasteiger partial charge in [0.25, 0.3) is 0 Å². The Kier molecular flexibility index (Phi) is 5.04. The molecule has 102 valence electrons. The maximum Gasteiger partial charge on any atom is 0.387 e. The molecule has 0 amide bonds. The number of hydrogen-bond acceptors (Lipinski definition) is 3. The molecule has 1 aromatic carbocycles. The van der Waals surface area contributed by atoms with E-state index in [1.165, 1.54) is 6.07 Å². The number of halogens is 2. The van der Waals surface area contributed by atoms with Crippen LogP contribution in [0, 0.1) is 0 Å². The Morgan fingerprint density at radius 1 is 1.39 bits per heavy atom. The summed E-state index contributed by atoms with van der Waals surface area (Å²) < 4.78 is 28.5. The number of nitrogens with one attached hydrogen (secondary N) is 1. The molecule has 1 atom stereocenters. The molecule has 0 aliphatic carbocycles. The van der Waals surface area contributed by atoms with Crippen LogP contribution in [0.1, 0.15) is 32.4 Å². The second-order valence-corrected chi connectivity index (χ2v) is 4.87. The number of aliphatic hydroxyl groups is 1. The van der Waals surface area contributed by atoms with Crippen molar-refractivity contribution in [1.82, 2.24) is 5.32 Å². The van der Waals surface area contributed by atoms with Gasteiger partial charge in [0.1, 0.15) is 5.75 Å². The fourth-order valence-electron chi connectivity index (χ4n) is 1.48. The topological polar surface area (TPSA) is 41.5 Å². The maximum absolute atomic E-state index is 12.1. The molecule has 18 heavy (non-hydrogen) atoms. The first-order valence-electron chi connectivity index (χ1n) is 5.78. The first-order valence-corrected chi connectivity index (χ1v) is 5.78. The van der Waals surface area contributed by atoms with E-state index in [-0.39, 0.29) is 11.8 Å². The first-order chi connectivity index (χ1) is 8.28. The molecule has 0 saturated carbocycles. The van der Waals surface area contributed by atoms with Crippen molar-refractivity contribution in [3.8, 4) is 5.75 Å². The van der Waals surface area contributed by atoms with Gasteiger partial charge in [-0.2, -0.15) is 8.78 Å². The normalized spacial score (nSPS) is 13.7. The highest BCUT2D eigenvalue weighted by atomic mass is 19.3. The van der Waals surface area contributed by atoms with Gasteiger partial charge < -0.3 is 15.2 Å². The molecule has 0 aliphatic heterocycles. The largest absolute Gasteiger partial charge is 0.435 e. The molecule has 0 aliphatic rings. The smallest absolute Gasteiger partial charge is 0.387 e. The van der Waals surface area contributed by atoms with E-state index in [2.05, 4.69) is 10.1 Å². The third-order valence-electron chi connectivity index (χ3n) is 2.42. The van der Waals surface area contributed by atoms with E-state index in [0.717, 1.165) is 5.56 Å². The summed E-state index contributed by atoms with van der Waals surface area (Å²) in [5, 5.41) is 12.7. The van der Waals surface area contributed by atoms with Crippen LogP contribution in [0.5, 0.6) is 5.75 Å². The van der Waals surface area contributed by atoms with Gasteiger partial charge >= 0.3 is 6.61 Å². The minimum atomic E-state index is -2.82. The Morgan fingerprint density at radius 3 is 2.61 bits per heavy atom. The van der Waals surface area contributed by atoms with Gasteiger partial charge in [-0.3, -0.25) is 0 Å². The van der Waals surface area contributed by atoms with Crippen molar-refractivity contribution in [3.05, 3.63) is 29.8 Å². The van der Waals surface area contributed by atoms with Crippen LogP contribution in [-0.2, 0) is 0 Å². The van der Waals surface area contributed by atoms with Gasteiger partial charge in [-0.1, -0.05) is 12.1 Å². The lowest BCUT2D eigenvalue weighted by atomic mass is 10.1. The quantitative estimate of drug-likeness (QED) is 0.825. The molecule has 1 unspecified atom stereocenters. The van der Waals surface area contributed by atoms with Crippen LogP contribution in [0.15, 0.2) is 24.3 Å². The van der Waals surface area contributed by atoms with Crippen molar-refractivity contribution in [1.29, 1.82) is 0 Å². The second kappa shape index (κ2) is 6.11. The van der Waals surface area contributed by atoms with E-state index in [9.17, 15) is 13.9 Å². The fourth-order valence-corrected chi connectivity index (χ4v) is 1.48. The van der Waals surface area contributed by atoms with Crippen molar-refractivity contribution >= 4 is 0 Å². The van der Waals surface area contributed by atoms with Crippen LogP contribution < -0.4 is 10.1 Å². The lowest BCUT2D eigenvalue weighted by Crippen LogP contribution is -2.36. The third-order valence-corrected chi connectivity index (χ3v) is 2.42. The molecule has 0 saturated heterocycles. The molecular formula is C13H19F2NO2. The summed E-state index contributed by atoms with van der Waals surface area (Å²) in [5.41, 5.74) is 0.0168. The molecule has 0 aromatic heterocycles. The summed E-state index contributed by atoms with van der Waals surface area (Å²) in [6, 6.07) is 6.47. The summed E-state index contributed by atoms with van der Waals surface area (Å²) in [7, 11) is 0. The summed E-state index contributed by atoms with van der Waals surface area (Å²) in [6.07, 6.45) is 0. The lowest BCUT2D eigenvalue weighted by molar-refractivity contribution is -0.0499. The molecule has 0 heterocycles. The van der Waals surface area contributed by atoms with Crippen molar-refractivity contribution in [3.63, 3.8) is 0 Å². The lowest BCUT2D eigenvalue weighted by Gasteiger charge is -2.22. The van der Waals surface area contributed by atoms with Gasteiger partial charge in [0.05, 0.1) is 5.60 Å². The van der Waals surface area contributed by atoms with Gasteiger partial charge in [0.15, 0.2) is 0 Å². The molecular weight excluding hydrogens is 240 g/mol. The van der Waals surface area contributed by atoms with E-state index in [0.29, 0.717) is 6.54 Å². The Hall–Kier alpha value is -1.20. The second-order valence-electron chi connectivity index (χ2n) is 4.87. The monoisotopic (exact) mass is 259 g/mol. The minimum Gasteiger partial charge on any atom is -0.435 e. The zero-order valence-corrected chi connectivity index (χ0v) is 10.8. The van der Waals surface area contributed by atoms with E-state index < -0.39 is 12.2 Å². The predicted molar refractivity (Wildman–Crippen MR) is 65.8 cm³/mol. The predicted octanol–water partition coefficient (Wildman–Crippen LogP) is 2.71. The molecule has 2 N–H and O–H groups in total. The van der Waals surface area contributed by atoms with Crippen molar-refractivity contribution in [2.45, 2.75) is 39.0 Å². The van der Waals surface area contributed by atoms with Gasteiger partial charge in [0.2, 0.25) is 0 Å². The maximum atomic E-state index is 12.1. The SMILES string of the molecule is CC(NCC(C)(C)O)c1cccc(OC(F)F)c1. The Morgan fingerprint density at radius 2 is 2.06 bits per heavy atom.